The number of hydrogen-bond donors (Lipinski definition) is 1. The molecule has 0 saturated carbocycles. The van der Waals surface area contributed by atoms with E-state index in [2.05, 4.69) is 5.32 Å². The number of methoxy groups -OCH3 is 3. The number of sulfonamides is 1. The summed E-state index contributed by atoms with van der Waals surface area (Å²) < 4.78 is 45.2. The fourth-order valence-corrected chi connectivity index (χ4v) is 6.08. The van der Waals surface area contributed by atoms with Crippen molar-refractivity contribution in [1.29, 1.82) is 0 Å². The number of halogens is 1. The highest BCUT2D eigenvalue weighted by Crippen LogP contribution is 2.33. The van der Waals surface area contributed by atoms with Crippen LogP contribution in [0.4, 0.5) is 5.69 Å². The lowest BCUT2D eigenvalue weighted by molar-refractivity contribution is -0.140. The summed E-state index contributed by atoms with van der Waals surface area (Å²) in [6.45, 7) is 5.14. The largest absolute Gasteiger partial charge is 0.497 e. The summed E-state index contributed by atoms with van der Waals surface area (Å²) in [6.07, 6.45) is 1.02. The number of hydrogen-bond acceptors (Lipinski definition) is 7. The summed E-state index contributed by atoms with van der Waals surface area (Å²) in [7, 11) is 0.0884. The molecule has 3 aromatic carbocycles. The average Bonchev–Trinajstić information content (AvgIpc) is 3.03. The third kappa shape index (κ3) is 8.35. The second-order valence-electron chi connectivity index (χ2n) is 10.1. The Labute approximate surface area is 264 Å². The predicted molar refractivity (Wildman–Crippen MR) is 171 cm³/mol. The van der Waals surface area contributed by atoms with Crippen LogP contribution in [0.15, 0.2) is 71.6 Å². The van der Waals surface area contributed by atoms with Gasteiger partial charge in [-0.25, -0.2) is 8.42 Å². The number of carbonyl (C=O) groups excluding carboxylic acids is 2. The Morgan fingerprint density at radius 1 is 0.864 bits per heavy atom. The molecule has 44 heavy (non-hydrogen) atoms. The number of nitrogens with one attached hydrogen (secondary N) is 1. The molecule has 0 saturated heterocycles. The first kappa shape index (κ1) is 34.5. The smallest absolute Gasteiger partial charge is 0.264 e. The topological polar surface area (TPSA) is 114 Å². The lowest BCUT2D eigenvalue weighted by atomic mass is 10.1. The third-order valence-corrected chi connectivity index (χ3v) is 9.26. The standard InChI is InChI=1S/C32H40ClN3O7S/c1-7-22(3)34-32(38)28(8-2)35(20-23-9-15-26(41-4)16-10-23)31(37)21-36(25-13-11-24(33)12-14-25)44(39,40)27-17-18-29(42-5)30(19-27)43-6/h9-19,22,28H,7-8,20-21H2,1-6H3,(H,34,38). The van der Waals surface area contributed by atoms with E-state index in [1.807, 2.05) is 20.8 Å². The van der Waals surface area contributed by atoms with Crippen LogP contribution in [-0.2, 0) is 26.2 Å². The van der Waals surface area contributed by atoms with Gasteiger partial charge in [0.1, 0.15) is 18.3 Å². The summed E-state index contributed by atoms with van der Waals surface area (Å²) in [4.78, 5) is 29.0. The zero-order valence-electron chi connectivity index (χ0n) is 25.9. The first-order valence-electron chi connectivity index (χ1n) is 14.2. The van der Waals surface area contributed by atoms with E-state index in [1.165, 1.54) is 49.5 Å². The van der Waals surface area contributed by atoms with Crippen LogP contribution >= 0.6 is 11.6 Å². The minimum absolute atomic E-state index is 0.0696. The Balaban J connectivity index is 2.09. The van der Waals surface area contributed by atoms with Gasteiger partial charge in [-0.05, 0) is 73.9 Å². The van der Waals surface area contributed by atoms with Gasteiger partial charge in [0.05, 0.1) is 31.9 Å². The van der Waals surface area contributed by atoms with Crippen molar-refractivity contribution in [1.82, 2.24) is 10.2 Å². The molecule has 0 bridgehead atoms. The highest BCUT2D eigenvalue weighted by molar-refractivity contribution is 7.92. The predicted octanol–water partition coefficient (Wildman–Crippen LogP) is 5.28. The van der Waals surface area contributed by atoms with E-state index >= 15 is 0 Å². The van der Waals surface area contributed by atoms with Crippen molar-refractivity contribution in [2.45, 2.75) is 57.1 Å². The van der Waals surface area contributed by atoms with Crippen LogP contribution in [0.5, 0.6) is 17.2 Å². The highest BCUT2D eigenvalue weighted by atomic mass is 35.5. The first-order valence-corrected chi connectivity index (χ1v) is 16.0. The molecule has 238 valence electrons. The number of benzene rings is 3. The number of rotatable bonds is 15. The fourth-order valence-electron chi connectivity index (χ4n) is 4.53. The molecule has 10 nitrogen and oxygen atoms in total. The molecule has 1 N–H and O–H groups in total. The van der Waals surface area contributed by atoms with Crippen LogP contribution in [0, 0.1) is 0 Å². The van der Waals surface area contributed by atoms with E-state index in [9.17, 15) is 18.0 Å². The summed E-state index contributed by atoms with van der Waals surface area (Å²) in [6, 6.07) is 16.5. The van der Waals surface area contributed by atoms with Gasteiger partial charge in [0.15, 0.2) is 11.5 Å². The summed E-state index contributed by atoms with van der Waals surface area (Å²) >= 11 is 6.11. The number of carbonyl (C=O) groups is 2. The first-order chi connectivity index (χ1) is 21.0. The Bertz CT molecular complexity index is 1520. The van der Waals surface area contributed by atoms with E-state index < -0.39 is 28.5 Å². The van der Waals surface area contributed by atoms with Crippen molar-refractivity contribution in [3.05, 3.63) is 77.3 Å². The molecule has 2 atom stereocenters. The third-order valence-electron chi connectivity index (χ3n) is 7.24. The van der Waals surface area contributed by atoms with Crippen LogP contribution in [0.2, 0.25) is 5.02 Å². The monoisotopic (exact) mass is 645 g/mol. The Morgan fingerprint density at radius 3 is 2.05 bits per heavy atom. The van der Waals surface area contributed by atoms with Gasteiger partial charge in [0.25, 0.3) is 10.0 Å². The molecule has 12 heteroatoms. The van der Waals surface area contributed by atoms with Crippen molar-refractivity contribution in [3.63, 3.8) is 0 Å². The van der Waals surface area contributed by atoms with Crippen LogP contribution in [0.1, 0.15) is 39.2 Å². The van der Waals surface area contributed by atoms with Crippen molar-refractivity contribution in [2.75, 3.05) is 32.2 Å². The molecule has 0 aliphatic heterocycles. The molecule has 0 heterocycles. The van der Waals surface area contributed by atoms with Gasteiger partial charge in [-0.2, -0.15) is 0 Å². The number of ether oxygens (including phenoxy) is 3. The summed E-state index contributed by atoms with van der Waals surface area (Å²) in [5.41, 5.74) is 0.966. The second kappa shape index (κ2) is 15.7. The SMILES string of the molecule is CCC(C)NC(=O)C(CC)N(Cc1ccc(OC)cc1)C(=O)CN(c1ccc(Cl)cc1)S(=O)(=O)c1ccc(OC)c(OC)c1. The number of amides is 2. The van der Waals surface area contributed by atoms with E-state index in [0.717, 1.165) is 9.87 Å². The van der Waals surface area contributed by atoms with Gasteiger partial charge < -0.3 is 24.4 Å². The van der Waals surface area contributed by atoms with Crippen molar-refractivity contribution < 1.29 is 32.2 Å². The Hall–Kier alpha value is -3.96. The number of anilines is 1. The van der Waals surface area contributed by atoms with Crippen LogP contribution in [0.25, 0.3) is 0 Å². The molecule has 2 unspecified atom stereocenters. The molecule has 0 radical (unpaired) electrons. The van der Waals surface area contributed by atoms with Gasteiger partial charge in [-0.15, -0.1) is 0 Å². The van der Waals surface area contributed by atoms with Crippen molar-refractivity contribution in [3.8, 4) is 17.2 Å². The molecule has 0 aliphatic carbocycles. The fraction of sp³-hybridized carbons (Fsp3) is 0.375. The van der Waals surface area contributed by atoms with E-state index in [-0.39, 0.29) is 34.8 Å². The van der Waals surface area contributed by atoms with E-state index in [4.69, 9.17) is 25.8 Å². The van der Waals surface area contributed by atoms with Crippen LogP contribution in [0.3, 0.4) is 0 Å². The maximum atomic E-state index is 14.2. The Kier molecular flexibility index (Phi) is 12.3. The van der Waals surface area contributed by atoms with Crippen molar-refractivity contribution >= 4 is 39.1 Å². The molecular weight excluding hydrogens is 606 g/mol. The maximum Gasteiger partial charge on any atom is 0.264 e. The van der Waals surface area contributed by atoms with Crippen molar-refractivity contribution in [2.24, 2.45) is 0 Å². The molecule has 3 aromatic rings. The molecular formula is C32H40ClN3O7S. The quantitative estimate of drug-likeness (QED) is 0.239. The Morgan fingerprint density at radius 2 is 1.50 bits per heavy atom. The van der Waals surface area contributed by atoms with E-state index in [0.29, 0.717) is 29.4 Å². The summed E-state index contributed by atoms with van der Waals surface area (Å²) in [5.74, 6) is 0.327. The lowest BCUT2D eigenvalue weighted by Crippen LogP contribution is -2.53. The number of nitrogens with zero attached hydrogens (tertiary/aromatic N) is 2. The maximum absolute atomic E-state index is 14.2. The van der Waals surface area contributed by atoms with Gasteiger partial charge in [-0.3, -0.25) is 13.9 Å². The zero-order chi connectivity index (χ0) is 32.4. The van der Waals surface area contributed by atoms with E-state index in [1.54, 1.807) is 43.5 Å². The van der Waals surface area contributed by atoms with Crippen LogP contribution < -0.4 is 23.8 Å². The zero-order valence-corrected chi connectivity index (χ0v) is 27.4. The van der Waals surface area contributed by atoms with Gasteiger partial charge in [0.2, 0.25) is 11.8 Å². The summed E-state index contributed by atoms with van der Waals surface area (Å²) in [5, 5.41) is 3.37. The molecule has 0 aliphatic rings. The van der Waals surface area contributed by atoms with Gasteiger partial charge in [0, 0.05) is 23.7 Å². The molecule has 0 aromatic heterocycles. The molecule has 0 fully saturated rings. The van der Waals surface area contributed by atoms with Gasteiger partial charge >= 0.3 is 0 Å². The average molecular weight is 646 g/mol. The molecule has 0 spiro atoms. The molecule has 3 rings (SSSR count). The molecule has 2 amide bonds. The minimum atomic E-state index is -4.32. The minimum Gasteiger partial charge on any atom is -0.497 e. The van der Waals surface area contributed by atoms with Gasteiger partial charge in [-0.1, -0.05) is 37.6 Å². The highest BCUT2D eigenvalue weighted by Gasteiger charge is 2.34. The second-order valence-corrected chi connectivity index (χ2v) is 12.4. The van der Waals surface area contributed by atoms with Crippen LogP contribution in [-0.4, -0.2) is 65.1 Å². The normalized spacial score (nSPS) is 12.5. The lowest BCUT2D eigenvalue weighted by Gasteiger charge is -2.33.